The molecule has 0 fully saturated rings. The third-order valence-corrected chi connectivity index (χ3v) is 2.99. The van der Waals surface area contributed by atoms with Crippen LogP contribution in [0.3, 0.4) is 0 Å². The monoisotopic (exact) mass is 269 g/mol. The fourth-order valence-electron chi connectivity index (χ4n) is 1.96. The lowest BCUT2D eigenvalue weighted by Gasteiger charge is -2.08. The Morgan fingerprint density at radius 2 is 2.05 bits per heavy atom. The van der Waals surface area contributed by atoms with E-state index < -0.39 is 0 Å². The van der Waals surface area contributed by atoms with Crippen LogP contribution in [-0.2, 0) is 6.42 Å². The predicted molar refractivity (Wildman–Crippen MR) is 77.7 cm³/mol. The van der Waals surface area contributed by atoms with E-state index in [2.05, 4.69) is 35.8 Å². The molecular weight excluding hydrogens is 254 g/mol. The highest BCUT2D eigenvalue weighted by Crippen LogP contribution is 2.19. The maximum Gasteiger partial charge on any atom is 0.226 e. The summed E-state index contributed by atoms with van der Waals surface area (Å²) < 4.78 is 0. The first-order valence-electron chi connectivity index (χ1n) is 6.38. The maximum absolute atomic E-state index is 4.42. The number of nitrogens with zero attached hydrogens (tertiary/aromatic N) is 4. The first-order chi connectivity index (χ1) is 9.86. The van der Waals surface area contributed by atoms with Crippen LogP contribution in [0.25, 0.3) is 11.0 Å². The Labute approximate surface area is 115 Å². The minimum absolute atomic E-state index is 0.563. The van der Waals surface area contributed by atoms with Gasteiger partial charge in [-0.05, 0) is 24.1 Å². The van der Waals surface area contributed by atoms with Crippen molar-refractivity contribution in [3.63, 3.8) is 0 Å². The van der Waals surface area contributed by atoms with Gasteiger partial charge in [-0.3, -0.25) is 10.1 Å². The van der Waals surface area contributed by atoms with Crippen molar-refractivity contribution < 1.29 is 0 Å². The van der Waals surface area contributed by atoms with Crippen LogP contribution in [0.1, 0.15) is 5.56 Å². The van der Waals surface area contributed by atoms with Gasteiger partial charge < -0.3 is 10.6 Å². The molecule has 7 heteroatoms. The molecule has 0 amide bonds. The van der Waals surface area contributed by atoms with Gasteiger partial charge in [0.2, 0.25) is 5.95 Å². The van der Waals surface area contributed by atoms with Gasteiger partial charge in [0.15, 0.2) is 5.65 Å². The Bertz CT molecular complexity index is 692. The van der Waals surface area contributed by atoms with Crippen molar-refractivity contribution in [2.45, 2.75) is 6.42 Å². The van der Waals surface area contributed by atoms with Crippen LogP contribution in [-0.4, -0.2) is 38.7 Å². The summed E-state index contributed by atoms with van der Waals surface area (Å²) in [4.78, 5) is 12.7. The lowest BCUT2D eigenvalue weighted by atomic mass is 10.2. The van der Waals surface area contributed by atoms with E-state index in [1.807, 2.05) is 12.1 Å². The fourth-order valence-corrected chi connectivity index (χ4v) is 1.96. The molecule has 3 rings (SSSR count). The Morgan fingerprint density at radius 1 is 1.20 bits per heavy atom. The molecule has 0 atom stereocenters. The van der Waals surface area contributed by atoms with E-state index in [-0.39, 0.29) is 0 Å². The van der Waals surface area contributed by atoms with Crippen molar-refractivity contribution in [2.75, 3.05) is 24.2 Å². The highest BCUT2D eigenvalue weighted by molar-refractivity contribution is 5.86. The Morgan fingerprint density at radius 3 is 2.85 bits per heavy atom. The summed E-state index contributed by atoms with van der Waals surface area (Å²) >= 11 is 0. The number of nitrogens with one attached hydrogen (secondary N) is 3. The van der Waals surface area contributed by atoms with Crippen LogP contribution in [0, 0.1) is 0 Å². The number of H-pyrrole nitrogens is 1. The van der Waals surface area contributed by atoms with E-state index >= 15 is 0 Å². The summed E-state index contributed by atoms with van der Waals surface area (Å²) in [6.07, 6.45) is 6.23. The van der Waals surface area contributed by atoms with Gasteiger partial charge in [0, 0.05) is 26.0 Å². The van der Waals surface area contributed by atoms with E-state index in [4.69, 9.17) is 0 Å². The van der Waals surface area contributed by atoms with Crippen LogP contribution in [0.2, 0.25) is 0 Å². The van der Waals surface area contributed by atoms with Crippen LogP contribution in [0.15, 0.2) is 30.7 Å². The highest BCUT2D eigenvalue weighted by atomic mass is 15.2. The lowest BCUT2D eigenvalue weighted by Crippen LogP contribution is -2.08. The Hall–Kier alpha value is -2.70. The summed E-state index contributed by atoms with van der Waals surface area (Å²) in [6, 6.07) is 4.02. The van der Waals surface area contributed by atoms with Crippen molar-refractivity contribution >= 4 is 22.8 Å². The summed E-state index contributed by atoms with van der Waals surface area (Å²) in [7, 11) is 1.79. The van der Waals surface area contributed by atoms with Gasteiger partial charge in [-0.25, -0.2) is 0 Å². The third kappa shape index (κ3) is 2.51. The quantitative estimate of drug-likeness (QED) is 0.649. The van der Waals surface area contributed by atoms with Gasteiger partial charge >= 0.3 is 0 Å². The molecule has 3 aromatic heterocycles. The summed E-state index contributed by atoms with van der Waals surface area (Å²) in [5.74, 6) is 1.34. The molecule has 0 spiro atoms. The molecular formula is C13H15N7. The van der Waals surface area contributed by atoms with Crippen molar-refractivity contribution in [1.29, 1.82) is 0 Å². The predicted octanol–water partition coefficient (Wildman–Crippen LogP) is 1.44. The first kappa shape index (κ1) is 12.3. The number of aromatic nitrogens is 5. The average molecular weight is 269 g/mol. The lowest BCUT2D eigenvalue weighted by molar-refractivity contribution is 1.000. The van der Waals surface area contributed by atoms with Crippen molar-refractivity contribution in [1.82, 2.24) is 25.1 Å². The number of fused-ring (bicyclic) bond motifs is 1. The smallest absolute Gasteiger partial charge is 0.226 e. The van der Waals surface area contributed by atoms with Crippen molar-refractivity contribution in [3.05, 3.63) is 36.3 Å². The maximum atomic E-state index is 4.42. The Balaban J connectivity index is 1.75. The van der Waals surface area contributed by atoms with E-state index in [1.54, 1.807) is 25.6 Å². The molecule has 3 N–H and O–H groups in total. The second-order valence-electron chi connectivity index (χ2n) is 4.31. The van der Waals surface area contributed by atoms with Crippen LogP contribution in [0.5, 0.6) is 0 Å². The minimum atomic E-state index is 0.563. The van der Waals surface area contributed by atoms with Gasteiger partial charge in [0.25, 0.3) is 0 Å². The molecule has 0 radical (unpaired) electrons. The molecule has 0 aromatic carbocycles. The standard InChI is InChI=1S/C13H15N7/c1-14-13-18-11(10-8-17-20-12(10)19-13)16-7-4-9-2-5-15-6-3-9/h2-3,5-6,8H,4,7H2,1H3,(H3,14,16,17,18,19,20). The normalized spacial score (nSPS) is 10.7. The van der Waals surface area contributed by atoms with E-state index in [0.717, 1.165) is 29.8 Å². The van der Waals surface area contributed by atoms with Gasteiger partial charge in [-0.15, -0.1) is 0 Å². The molecule has 0 saturated carbocycles. The summed E-state index contributed by atoms with van der Waals surface area (Å²) in [5.41, 5.74) is 1.95. The molecule has 0 aliphatic heterocycles. The number of aromatic amines is 1. The number of anilines is 2. The van der Waals surface area contributed by atoms with Crippen LogP contribution in [0.4, 0.5) is 11.8 Å². The molecule has 0 saturated heterocycles. The van der Waals surface area contributed by atoms with Crippen molar-refractivity contribution in [2.24, 2.45) is 0 Å². The number of hydrogen-bond acceptors (Lipinski definition) is 6. The van der Waals surface area contributed by atoms with Crippen molar-refractivity contribution in [3.8, 4) is 0 Å². The molecule has 3 aromatic rings. The van der Waals surface area contributed by atoms with Gasteiger partial charge in [-0.2, -0.15) is 15.1 Å². The summed E-state index contributed by atoms with van der Waals surface area (Å²) in [6.45, 7) is 0.782. The van der Waals surface area contributed by atoms with Crippen LogP contribution >= 0.6 is 0 Å². The highest BCUT2D eigenvalue weighted by Gasteiger charge is 2.08. The SMILES string of the molecule is CNc1nc(NCCc2ccncc2)c2cn[nH]c2n1. The zero-order valence-electron chi connectivity index (χ0n) is 11.1. The van der Waals surface area contributed by atoms with E-state index in [1.165, 1.54) is 5.56 Å². The van der Waals surface area contributed by atoms with Crippen LogP contribution < -0.4 is 10.6 Å². The molecule has 102 valence electrons. The number of rotatable bonds is 5. The summed E-state index contributed by atoms with van der Waals surface area (Å²) in [5, 5.41) is 14.0. The number of pyridine rings is 1. The molecule has 7 nitrogen and oxygen atoms in total. The molecule has 0 aliphatic carbocycles. The average Bonchev–Trinajstić information content (AvgIpc) is 2.96. The second kappa shape index (κ2) is 5.52. The first-order valence-corrected chi connectivity index (χ1v) is 6.38. The minimum Gasteiger partial charge on any atom is -0.369 e. The zero-order valence-corrected chi connectivity index (χ0v) is 11.1. The van der Waals surface area contributed by atoms with Gasteiger partial charge in [0.1, 0.15) is 5.82 Å². The van der Waals surface area contributed by atoms with Gasteiger partial charge in [0.05, 0.1) is 11.6 Å². The topological polar surface area (TPSA) is 91.4 Å². The number of hydrogen-bond donors (Lipinski definition) is 3. The molecule has 20 heavy (non-hydrogen) atoms. The Kier molecular flexibility index (Phi) is 3.40. The zero-order chi connectivity index (χ0) is 13.8. The van der Waals surface area contributed by atoms with E-state index in [9.17, 15) is 0 Å². The fraction of sp³-hybridized carbons (Fsp3) is 0.231. The molecule has 0 unspecified atom stereocenters. The second-order valence-corrected chi connectivity index (χ2v) is 4.31. The largest absolute Gasteiger partial charge is 0.369 e. The van der Waals surface area contributed by atoms with Gasteiger partial charge in [-0.1, -0.05) is 0 Å². The molecule has 3 heterocycles. The van der Waals surface area contributed by atoms with E-state index in [0.29, 0.717) is 5.95 Å². The molecule has 0 bridgehead atoms. The third-order valence-electron chi connectivity index (χ3n) is 2.99. The molecule has 0 aliphatic rings.